The maximum Gasteiger partial charge on any atom is 0.264 e. The summed E-state index contributed by atoms with van der Waals surface area (Å²) in [7, 11) is 0. The van der Waals surface area contributed by atoms with Gasteiger partial charge in [0.1, 0.15) is 9.71 Å². The van der Waals surface area contributed by atoms with E-state index < -0.39 is 0 Å². The third-order valence-corrected chi connectivity index (χ3v) is 4.69. The SMILES string of the molecule is Cc1ccc2c(N)c(C(=O)NC3(C)CCOC3)sc2n1. The minimum Gasteiger partial charge on any atom is -0.397 e. The van der Waals surface area contributed by atoms with Crippen LogP contribution in [0.4, 0.5) is 5.69 Å². The van der Waals surface area contributed by atoms with Crippen molar-refractivity contribution in [1.29, 1.82) is 0 Å². The number of carbonyl (C=O) groups excluding carboxylic acids is 1. The summed E-state index contributed by atoms with van der Waals surface area (Å²) in [6.07, 6.45) is 0.820. The molecule has 0 aromatic carbocycles. The Labute approximate surface area is 121 Å². The van der Waals surface area contributed by atoms with Gasteiger partial charge in [-0.3, -0.25) is 4.79 Å². The van der Waals surface area contributed by atoms with Crippen molar-refractivity contribution < 1.29 is 9.53 Å². The molecule has 2 aromatic rings. The molecule has 20 heavy (non-hydrogen) atoms. The third kappa shape index (κ3) is 2.25. The molecule has 1 amide bonds. The van der Waals surface area contributed by atoms with Gasteiger partial charge in [0.15, 0.2) is 0 Å². The third-order valence-electron chi connectivity index (χ3n) is 3.57. The summed E-state index contributed by atoms with van der Waals surface area (Å²) in [4.78, 5) is 18.2. The number of nitrogens with two attached hydrogens (primary N) is 1. The molecule has 3 rings (SSSR count). The van der Waals surface area contributed by atoms with E-state index in [1.807, 2.05) is 26.0 Å². The molecule has 6 heteroatoms. The molecule has 1 fully saturated rings. The Morgan fingerprint density at radius 3 is 3.05 bits per heavy atom. The topological polar surface area (TPSA) is 77.2 Å². The van der Waals surface area contributed by atoms with Gasteiger partial charge in [-0.15, -0.1) is 11.3 Å². The highest BCUT2D eigenvalue weighted by Gasteiger charge is 2.32. The van der Waals surface area contributed by atoms with E-state index in [1.54, 1.807) is 0 Å². The number of aryl methyl sites for hydroxylation is 1. The number of rotatable bonds is 2. The molecule has 1 saturated heterocycles. The van der Waals surface area contributed by atoms with Crippen molar-refractivity contribution >= 4 is 33.1 Å². The van der Waals surface area contributed by atoms with E-state index in [0.29, 0.717) is 23.8 Å². The fraction of sp³-hybridized carbons (Fsp3) is 0.429. The van der Waals surface area contributed by atoms with Gasteiger partial charge in [0, 0.05) is 17.7 Å². The average molecular weight is 291 g/mol. The fourth-order valence-corrected chi connectivity index (χ4v) is 3.39. The van der Waals surface area contributed by atoms with Crippen LogP contribution < -0.4 is 11.1 Å². The summed E-state index contributed by atoms with van der Waals surface area (Å²) in [5, 5.41) is 3.87. The van der Waals surface area contributed by atoms with Gasteiger partial charge >= 0.3 is 0 Å². The maximum absolute atomic E-state index is 12.4. The molecule has 2 aromatic heterocycles. The lowest BCUT2D eigenvalue weighted by Gasteiger charge is -2.23. The van der Waals surface area contributed by atoms with Crippen LogP contribution in [-0.4, -0.2) is 29.6 Å². The second-order valence-corrected chi connectivity index (χ2v) is 6.47. The highest BCUT2D eigenvalue weighted by Crippen LogP contribution is 2.33. The Kier molecular flexibility index (Phi) is 3.14. The zero-order valence-corrected chi connectivity index (χ0v) is 12.3. The summed E-state index contributed by atoms with van der Waals surface area (Å²) < 4.78 is 5.35. The van der Waals surface area contributed by atoms with E-state index in [0.717, 1.165) is 22.3 Å². The Balaban J connectivity index is 1.93. The number of carbonyl (C=O) groups is 1. The van der Waals surface area contributed by atoms with E-state index in [9.17, 15) is 4.79 Å². The number of thiophene rings is 1. The Morgan fingerprint density at radius 2 is 2.35 bits per heavy atom. The second kappa shape index (κ2) is 4.71. The van der Waals surface area contributed by atoms with Crippen molar-refractivity contribution in [3.05, 3.63) is 22.7 Å². The van der Waals surface area contributed by atoms with Crippen LogP contribution in [0.25, 0.3) is 10.2 Å². The number of amides is 1. The standard InChI is InChI=1S/C14H17N3O2S/c1-8-3-4-9-10(15)11(20-13(9)16-8)12(18)17-14(2)5-6-19-7-14/h3-4H,5-7,15H2,1-2H3,(H,17,18). The largest absolute Gasteiger partial charge is 0.397 e. The summed E-state index contributed by atoms with van der Waals surface area (Å²) >= 11 is 1.34. The number of nitrogen functional groups attached to an aromatic ring is 1. The quantitative estimate of drug-likeness (QED) is 0.888. The van der Waals surface area contributed by atoms with Gasteiger partial charge in [0.05, 0.1) is 17.8 Å². The first-order valence-electron chi connectivity index (χ1n) is 6.54. The van der Waals surface area contributed by atoms with Gasteiger partial charge in [-0.25, -0.2) is 4.98 Å². The van der Waals surface area contributed by atoms with E-state index in [4.69, 9.17) is 10.5 Å². The molecule has 0 bridgehead atoms. The molecule has 0 spiro atoms. The molecule has 0 aliphatic carbocycles. The zero-order valence-electron chi connectivity index (χ0n) is 11.5. The first-order valence-corrected chi connectivity index (χ1v) is 7.36. The Morgan fingerprint density at radius 1 is 1.55 bits per heavy atom. The van der Waals surface area contributed by atoms with Gasteiger partial charge in [0.25, 0.3) is 5.91 Å². The van der Waals surface area contributed by atoms with Crippen LogP contribution in [-0.2, 0) is 4.74 Å². The molecule has 3 N–H and O–H groups in total. The molecule has 5 nitrogen and oxygen atoms in total. The molecule has 1 aliphatic heterocycles. The molecular weight excluding hydrogens is 274 g/mol. The fourth-order valence-electron chi connectivity index (χ4n) is 2.35. The highest BCUT2D eigenvalue weighted by molar-refractivity contribution is 7.21. The monoisotopic (exact) mass is 291 g/mol. The van der Waals surface area contributed by atoms with E-state index in [-0.39, 0.29) is 11.4 Å². The predicted octanol–water partition coefficient (Wildman–Crippen LogP) is 2.10. The van der Waals surface area contributed by atoms with Gasteiger partial charge in [-0.2, -0.15) is 0 Å². The van der Waals surface area contributed by atoms with Crippen molar-refractivity contribution in [3.8, 4) is 0 Å². The lowest BCUT2D eigenvalue weighted by atomic mass is 10.0. The molecule has 3 heterocycles. The van der Waals surface area contributed by atoms with Crippen LogP contribution >= 0.6 is 11.3 Å². The molecule has 1 atom stereocenters. The van der Waals surface area contributed by atoms with Crippen LogP contribution in [0.15, 0.2) is 12.1 Å². The number of ether oxygens (including phenoxy) is 1. The van der Waals surface area contributed by atoms with Crippen LogP contribution in [0.5, 0.6) is 0 Å². The number of hydrogen-bond donors (Lipinski definition) is 2. The highest BCUT2D eigenvalue weighted by atomic mass is 32.1. The normalized spacial score (nSPS) is 22.3. The van der Waals surface area contributed by atoms with Crippen molar-refractivity contribution in [2.24, 2.45) is 0 Å². The first-order chi connectivity index (χ1) is 9.48. The summed E-state index contributed by atoms with van der Waals surface area (Å²) in [5.74, 6) is -0.142. The smallest absolute Gasteiger partial charge is 0.264 e. The van der Waals surface area contributed by atoms with Crippen LogP contribution in [0, 0.1) is 6.92 Å². The number of anilines is 1. The lowest BCUT2D eigenvalue weighted by molar-refractivity contribution is 0.0895. The van der Waals surface area contributed by atoms with E-state index in [2.05, 4.69) is 10.3 Å². The predicted molar refractivity (Wildman–Crippen MR) is 80.1 cm³/mol. The first kappa shape index (κ1) is 13.3. The molecule has 1 unspecified atom stereocenters. The van der Waals surface area contributed by atoms with Crippen molar-refractivity contribution in [2.45, 2.75) is 25.8 Å². The van der Waals surface area contributed by atoms with Crippen LogP contribution in [0.3, 0.4) is 0 Å². The maximum atomic E-state index is 12.4. The number of pyridine rings is 1. The number of hydrogen-bond acceptors (Lipinski definition) is 5. The Bertz CT molecular complexity index is 674. The summed E-state index contributed by atoms with van der Waals surface area (Å²) in [5.41, 5.74) is 7.21. The second-order valence-electron chi connectivity index (χ2n) is 5.47. The van der Waals surface area contributed by atoms with Crippen LogP contribution in [0.2, 0.25) is 0 Å². The van der Waals surface area contributed by atoms with Crippen molar-refractivity contribution in [2.75, 3.05) is 18.9 Å². The minimum atomic E-state index is -0.303. The van der Waals surface area contributed by atoms with Gasteiger partial charge in [0.2, 0.25) is 0 Å². The van der Waals surface area contributed by atoms with E-state index in [1.165, 1.54) is 11.3 Å². The van der Waals surface area contributed by atoms with Gasteiger partial charge in [-0.05, 0) is 32.4 Å². The molecule has 0 saturated carbocycles. The number of fused-ring (bicyclic) bond motifs is 1. The van der Waals surface area contributed by atoms with Crippen molar-refractivity contribution in [3.63, 3.8) is 0 Å². The summed E-state index contributed by atoms with van der Waals surface area (Å²) in [6.45, 7) is 5.14. The van der Waals surface area contributed by atoms with Gasteiger partial charge in [-0.1, -0.05) is 0 Å². The molecular formula is C14H17N3O2S. The Hall–Kier alpha value is -1.66. The molecule has 0 radical (unpaired) electrons. The lowest BCUT2D eigenvalue weighted by Crippen LogP contribution is -2.46. The van der Waals surface area contributed by atoms with E-state index >= 15 is 0 Å². The zero-order chi connectivity index (χ0) is 14.3. The number of nitrogens with one attached hydrogen (secondary N) is 1. The molecule has 1 aliphatic rings. The van der Waals surface area contributed by atoms with Crippen LogP contribution in [0.1, 0.15) is 28.7 Å². The molecule has 106 valence electrons. The number of aromatic nitrogens is 1. The van der Waals surface area contributed by atoms with Gasteiger partial charge < -0.3 is 15.8 Å². The summed E-state index contributed by atoms with van der Waals surface area (Å²) in [6, 6.07) is 3.82. The average Bonchev–Trinajstić information content (AvgIpc) is 2.94. The minimum absolute atomic E-state index is 0.142. The number of nitrogens with zero attached hydrogens (tertiary/aromatic N) is 1. The van der Waals surface area contributed by atoms with Crippen molar-refractivity contribution in [1.82, 2.24) is 10.3 Å².